The van der Waals surface area contributed by atoms with Crippen molar-refractivity contribution in [1.29, 1.82) is 0 Å². The summed E-state index contributed by atoms with van der Waals surface area (Å²) in [5.74, 6) is 0. The Morgan fingerprint density at radius 3 is 2.75 bits per heavy atom. The summed E-state index contributed by atoms with van der Waals surface area (Å²) in [6.45, 7) is 0. The first-order valence-electron chi connectivity index (χ1n) is 3.48. The van der Waals surface area contributed by atoms with Gasteiger partial charge in [-0.05, 0) is 28.1 Å². The molecule has 1 heterocycles. The fourth-order valence-corrected chi connectivity index (χ4v) is 2.51. The third-order valence-electron chi connectivity index (χ3n) is 1.66. The quantitative estimate of drug-likeness (QED) is 0.719. The smallest absolute Gasteiger partial charge is 0.0855 e. The maximum atomic E-state index is 4.29. The summed E-state index contributed by atoms with van der Waals surface area (Å²) in [5.41, 5.74) is 2.12. The molecule has 0 radical (unpaired) electrons. The zero-order valence-electron chi connectivity index (χ0n) is 6.09. The van der Waals surface area contributed by atoms with Crippen molar-refractivity contribution < 1.29 is 0 Å². The lowest BCUT2D eigenvalue weighted by atomic mass is 10.3. The van der Waals surface area contributed by atoms with E-state index in [2.05, 4.69) is 36.8 Å². The Hall–Kier alpha value is -0.410. The van der Waals surface area contributed by atoms with Gasteiger partial charge < -0.3 is 0 Å². The average molecular weight is 287 g/mol. The first kappa shape index (κ1) is 8.20. The molecule has 0 bridgehead atoms. The molecule has 1 aliphatic carbocycles. The minimum absolute atomic E-state index is 0.992. The van der Waals surface area contributed by atoms with Crippen molar-refractivity contribution in [3.8, 4) is 11.3 Å². The number of aromatic nitrogens is 1. The van der Waals surface area contributed by atoms with Gasteiger partial charge in [0.25, 0.3) is 0 Å². The van der Waals surface area contributed by atoms with E-state index in [-0.39, 0.29) is 0 Å². The summed E-state index contributed by atoms with van der Waals surface area (Å²) in [7, 11) is 0. The van der Waals surface area contributed by atoms with Crippen molar-refractivity contribution in [1.82, 2.24) is 4.98 Å². The summed E-state index contributed by atoms with van der Waals surface area (Å²) >= 11 is 6.91. The Bertz CT molecular complexity index is 353. The van der Waals surface area contributed by atoms with Crippen LogP contribution in [0.25, 0.3) is 11.3 Å². The van der Waals surface area contributed by atoms with E-state index in [1.807, 2.05) is 24.3 Å². The Morgan fingerprint density at radius 1 is 1.08 bits per heavy atom. The van der Waals surface area contributed by atoms with E-state index < -0.39 is 0 Å². The van der Waals surface area contributed by atoms with E-state index in [9.17, 15) is 0 Å². The molecule has 0 unspecified atom stereocenters. The maximum Gasteiger partial charge on any atom is 0.0855 e. The Balaban J connectivity index is 2.79. The zero-order valence-corrected chi connectivity index (χ0v) is 9.26. The van der Waals surface area contributed by atoms with Gasteiger partial charge in [-0.25, -0.2) is 0 Å². The normalized spacial score (nSPS) is 10.5. The molecule has 0 fully saturated rings. The van der Waals surface area contributed by atoms with Gasteiger partial charge in [0.1, 0.15) is 0 Å². The van der Waals surface area contributed by atoms with Crippen molar-refractivity contribution in [2.24, 2.45) is 0 Å². The van der Waals surface area contributed by atoms with Crippen LogP contribution < -0.4 is 0 Å². The average Bonchev–Trinajstić information content (AvgIpc) is 2.29. The molecule has 1 aliphatic heterocycles. The first-order chi connectivity index (χ1) is 5.79. The van der Waals surface area contributed by atoms with Gasteiger partial charge in [0.2, 0.25) is 0 Å². The van der Waals surface area contributed by atoms with E-state index >= 15 is 0 Å². The fourth-order valence-electron chi connectivity index (χ4n) is 1.11. The van der Waals surface area contributed by atoms with Gasteiger partial charge in [-0.15, -0.1) is 0 Å². The van der Waals surface area contributed by atoms with Crippen molar-refractivity contribution in [3.05, 3.63) is 39.4 Å². The van der Waals surface area contributed by atoms with E-state index in [0.29, 0.717) is 0 Å². The molecule has 0 aromatic heterocycles. The monoisotopic (exact) mass is 285 g/mol. The van der Waals surface area contributed by atoms with Gasteiger partial charge in [0, 0.05) is 20.7 Å². The van der Waals surface area contributed by atoms with Gasteiger partial charge >= 0.3 is 0 Å². The van der Waals surface area contributed by atoms with Gasteiger partial charge in [-0.3, -0.25) is 4.98 Å². The highest BCUT2D eigenvalue weighted by Gasteiger charge is 2.11. The predicted molar refractivity (Wildman–Crippen MR) is 56.3 cm³/mol. The molecule has 1 nitrogen and oxygen atoms in total. The van der Waals surface area contributed by atoms with E-state index in [1.54, 1.807) is 6.20 Å². The van der Waals surface area contributed by atoms with Crippen LogP contribution in [0.4, 0.5) is 0 Å². The first-order valence-corrected chi connectivity index (χ1v) is 5.06. The number of hydrogen-bond donors (Lipinski definition) is 0. The molecule has 0 N–H and O–H groups in total. The topological polar surface area (TPSA) is 12.9 Å². The molecule has 0 spiro atoms. The summed E-state index contributed by atoms with van der Waals surface area (Å²) < 4.78 is 2.11. The molecule has 0 aromatic rings. The highest BCUT2D eigenvalue weighted by molar-refractivity contribution is 9.11. The van der Waals surface area contributed by atoms with Crippen LogP contribution in [0, 0.1) is 0 Å². The number of fused-ring (bicyclic) bond motifs is 1. The Kier molecular flexibility index (Phi) is 2.15. The van der Waals surface area contributed by atoms with Crippen molar-refractivity contribution in [2.75, 3.05) is 0 Å². The molecule has 0 atom stereocenters. The van der Waals surface area contributed by atoms with Crippen LogP contribution in [-0.4, -0.2) is 4.98 Å². The van der Waals surface area contributed by atoms with Crippen LogP contribution in [-0.2, 0) is 0 Å². The van der Waals surface area contributed by atoms with Crippen LogP contribution in [0.2, 0.25) is 0 Å². The van der Waals surface area contributed by atoms with E-state index in [4.69, 9.17) is 0 Å². The maximum absolute atomic E-state index is 4.29. The summed E-state index contributed by atoms with van der Waals surface area (Å²) in [5, 5.41) is 0. The van der Waals surface area contributed by atoms with Crippen molar-refractivity contribution in [2.45, 2.75) is 0 Å². The minimum Gasteiger partial charge on any atom is -0.255 e. The molecule has 0 amide bonds. The second-order valence-corrected chi connectivity index (χ2v) is 4.14. The fraction of sp³-hybridized carbons (Fsp3) is 0. The van der Waals surface area contributed by atoms with Gasteiger partial charge in [-0.1, -0.05) is 28.1 Å². The molecule has 60 valence electrons. The SMILES string of the molecule is Brc1cc(Br)c2nccccc1-2. The number of rotatable bonds is 0. The Labute approximate surface area is 87.4 Å². The molecule has 3 heteroatoms. The molecule has 0 saturated carbocycles. The molecule has 12 heavy (non-hydrogen) atoms. The Morgan fingerprint density at radius 2 is 1.92 bits per heavy atom. The van der Waals surface area contributed by atoms with Crippen LogP contribution in [0.15, 0.2) is 39.4 Å². The number of halogens is 2. The molecular weight excluding hydrogens is 282 g/mol. The van der Waals surface area contributed by atoms with Crippen LogP contribution in [0.5, 0.6) is 0 Å². The lowest BCUT2D eigenvalue weighted by Gasteiger charge is -1.90. The van der Waals surface area contributed by atoms with Gasteiger partial charge in [0.15, 0.2) is 0 Å². The van der Waals surface area contributed by atoms with Crippen LogP contribution in [0.3, 0.4) is 0 Å². The third-order valence-corrected chi connectivity index (χ3v) is 2.92. The highest BCUT2D eigenvalue weighted by atomic mass is 79.9. The number of nitrogens with zero attached hydrogens (tertiary/aromatic N) is 1. The minimum atomic E-state index is 0.992. The van der Waals surface area contributed by atoms with Crippen LogP contribution in [0.1, 0.15) is 0 Å². The molecule has 0 aromatic carbocycles. The lowest BCUT2D eigenvalue weighted by molar-refractivity contribution is 1.37. The second-order valence-electron chi connectivity index (χ2n) is 2.43. The largest absolute Gasteiger partial charge is 0.255 e. The molecule has 2 aliphatic rings. The summed E-state index contributed by atoms with van der Waals surface area (Å²) in [6, 6.07) is 7.94. The molecule has 2 rings (SSSR count). The number of hydrogen-bond acceptors (Lipinski definition) is 1. The van der Waals surface area contributed by atoms with Crippen molar-refractivity contribution in [3.63, 3.8) is 0 Å². The molecular formula is C9H5Br2N. The third kappa shape index (κ3) is 1.27. The lowest BCUT2D eigenvalue weighted by Crippen LogP contribution is -1.72. The van der Waals surface area contributed by atoms with Crippen LogP contribution >= 0.6 is 31.9 Å². The highest BCUT2D eigenvalue weighted by Crippen LogP contribution is 2.36. The zero-order chi connectivity index (χ0) is 8.55. The second kappa shape index (κ2) is 3.15. The van der Waals surface area contributed by atoms with Gasteiger partial charge in [-0.2, -0.15) is 0 Å². The van der Waals surface area contributed by atoms with E-state index in [0.717, 1.165) is 20.2 Å². The predicted octanol–water partition coefficient (Wildman–Crippen LogP) is 3.71. The molecule has 0 saturated heterocycles. The summed E-state index contributed by atoms with van der Waals surface area (Å²) in [4.78, 5) is 4.29. The standard InChI is InChI=1S/C9H5Br2N/c10-7-5-8(11)9-6(7)3-1-2-4-12-9/h1-5H. The van der Waals surface area contributed by atoms with E-state index in [1.165, 1.54) is 0 Å². The summed E-state index contributed by atoms with van der Waals surface area (Å²) in [6.07, 6.45) is 1.79. The van der Waals surface area contributed by atoms with Crippen molar-refractivity contribution >= 4 is 31.9 Å². The van der Waals surface area contributed by atoms with Gasteiger partial charge in [0.05, 0.1) is 5.69 Å².